The zero-order valence-electron chi connectivity index (χ0n) is 9.34. The number of halogens is 1. The second kappa shape index (κ2) is 5.33. The van der Waals surface area contributed by atoms with Gasteiger partial charge in [-0.1, -0.05) is 18.2 Å². The van der Waals surface area contributed by atoms with Crippen molar-refractivity contribution in [3.8, 4) is 0 Å². The van der Waals surface area contributed by atoms with E-state index >= 15 is 0 Å². The number of nitrogens with one attached hydrogen (secondary N) is 1. The molecule has 0 aromatic carbocycles. The zero-order chi connectivity index (χ0) is 10.7. The normalized spacial score (nSPS) is 23.3. The minimum absolute atomic E-state index is 0.788. The van der Waals surface area contributed by atoms with Gasteiger partial charge in [0.15, 0.2) is 0 Å². The highest BCUT2D eigenvalue weighted by Crippen LogP contribution is 2.29. The first kappa shape index (κ1) is 11.4. The molecule has 0 unspecified atom stereocenters. The first-order valence-corrected chi connectivity index (χ1v) is 6.41. The van der Waals surface area contributed by atoms with Crippen LogP contribution in [0.5, 0.6) is 0 Å². The first-order valence-electron chi connectivity index (χ1n) is 6.04. The van der Waals surface area contributed by atoms with Gasteiger partial charge in [0.2, 0.25) is 0 Å². The maximum absolute atomic E-state index is 5.91. The van der Waals surface area contributed by atoms with E-state index in [0.29, 0.717) is 0 Å². The van der Waals surface area contributed by atoms with Gasteiger partial charge in [-0.3, -0.25) is 4.90 Å². The lowest BCUT2D eigenvalue weighted by Gasteiger charge is -2.29. The predicted octanol–water partition coefficient (Wildman–Crippen LogP) is 2.20. The molecule has 15 heavy (non-hydrogen) atoms. The standard InChI is InChI=1S/C12H21ClN2/c1-10(13)8-15(12-2-3-12)9-11-4-6-14-7-5-11/h11-12,14H,1-9H2. The molecule has 1 saturated heterocycles. The van der Waals surface area contributed by atoms with Crippen LogP contribution in [0.25, 0.3) is 0 Å². The molecule has 1 heterocycles. The van der Waals surface area contributed by atoms with Crippen molar-refractivity contribution in [2.75, 3.05) is 26.2 Å². The molecule has 2 rings (SSSR count). The van der Waals surface area contributed by atoms with Gasteiger partial charge in [0, 0.05) is 24.2 Å². The molecule has 2 fully saturated rings. The molecule has 1 saturated carbocycles. The van der Waals surface area contributed by atoms with Gasteiger partial charge in [0.05, 0.1) is 0 Å². The molecule has 0 spiro atoms. The smallest absolute Gasteiger partial charge is 0.0338 e. The van der Waals surface area contributed by atoms with Crippen LogP contribution < -0.4 is 5.32 Å². The Bertz CT molecular complexity index is 220. The van der Waals surface area contributed by atoms with E-state index in [1.54, 1.807) is 0 Å². The van der Waals surface area contributed by atoms with E-state index in [4.69, 9.17) is 11.6 Å². The summed E-state index contributed by atoms with van der Waals surface area (Å²) in [6.07, 6.45) is 5.35. The molecular weight excluding hydrogens is 208 g/mol. The summed E-state index contributed by atoms with van der Waals surface area (Å²) in [6.45, 7) is 8.29. The van der Waals surface area contributed by atoms with Gasteiger partial charge in [-0.2, -0.15) is 0 Å². The number of hydrogen-bond donors (Lipinski definition) is 1. The molecule has 1 N–H and O–H groups in total. The maximum Gasteiger partial charge on any atom is 0.0338 e. The fourth-order valence-electron chi connectivity index (χ4n) is 2.40. The van der Waals surface area contributed by atoms with E-state index in [1.165, 1.54) is 45.3 Å². The Balaban J connectivity index is 1.79. The summed E-state index contributed by atoms with van der Waals surface area (Å²) in [6, 6.07) is 0.801. The van der Waals surface area contributed by atoms with Crippen molar-refractivity contribution in [3.63, 3.8) is 0 Å². The van der Waals surface area contributed by atoms with Crippen molar-refractivity contribution < 1.29 is 0 Å². The number of nitrogens with zero attached hydrogens (tertiary/aromatic N) is 1. The quantitative estimate of drug-likeness (QED) is 0.776. The molecule has 0 amide bonds. The van der Waals surface area contributed by atoms with Crippen LogP contribution in [0.4, 0.5) is 0 Å². The number of rotatable bonds is 5. The topological polar surface area (TPSA) is 15.3 Å². The van der Waals surface area contributed by atoms with Crippen LogP contribution in [0.3, 0.4) is 0 Å². The highest BCUT2D eigenvalue weighted by Gasteiger charge is 2.30. The molecular formula is C12H21ClN2. The van der Waals surface area contributed by atoms with E-state index < -0.39 is 0 Å². The van der Waals surface area contributed by atoms with Crippen molar-refractivity contribution in [1.29, 1.82) is 0 Å². The SMILES string of the molecule is C=C(Cl)CN(CC1CCNCC1)C1CC1. The van der Waals surface area contributed by atoms with Gasteiger partial charge in [0.1, 0.15) is 0 Å². The third-order valence-electron chi connectivity index (χ3n) is 3.39. The van der Waals surface area contributed by atoms with Crippen molar-refractivity contribution in [2.45, 2.75) is 31.7 Å². The van der Waals surface area contributed by atoms with E-state index in [2.05, 4.69) is 16.8 Å². The number of piperidine rings is 1. The highest BCUT2D eigenvalue weighted by atomic mass is 35.5. The van der Waals surface area contributed by atoms with Crippen LogP contribution in [0.1, 0.15) is 25.7 Å². The average molecular weight is 229 g/mol. The van der Waals surface area contributed by atoms with Gasteiger partial charge in [-0.25, -0.2) is 0 Å². The Kier molecular flexibility index (Phi) is 4.06. The lowest BCUT2D eigenvalue weighted by atomic mass is 9.97. The van der Waals surface area contributed by atoms with Crippen LogP contribution in [0.15, 0.2) is 11.6 Å². The fraction of sp³-hybridized carbons (Fsp3) is 0.833. The van der Waals surface area contributed by atoms with E-state index in [-0.39, 0.29) is 0 Å². The predicted molar refractivity (Wildman–Crippen MR) is 65.2 cm³/mol. The third kappa shape index (κ3) is 3.78. The summed E-state index contributed by atoms with van der Waals surface area (Å²) >= 11 is 5.91. The molecule has 0 aromatic heterocycles. The lowest BCUT2D eigenvalue weighted by molar-refractivity contribution is 0.213. The van der Waals surface area contributed by atoms with Gasteiger partial charge in [-0.05, 0) is 44.7 Å². The van der Waals surface area contributed by atoms with E-state index in [9.17, 15) is 0 Å². The van der Waals surface area contributed by atoms with Crippen LogP contribution in [-0.2, 0) is 0 Å². The summed E-state index contributed by atoms with van der Waals surface area (Å²) in [7, 11) is 0. The molecule has 1 aliphatic heterocycles. The van der Waals surface area contributed by atoms with Gasteiger partial charge in [0.25, 0.3) is 0 Å². The zero-order valence-corrected chi connectivity index (χ0v) is 10.1. The molecule has 1 aliphatic carbocycles. The minimum atomic E-state index is 0.788. The van der Waals surface area contributed by atoms with Crippen molar-refractivity contribution in [3.05, 3.63) is 11.6 Å². The molecule has 0 bridgehead atoms. The maximum atomic E-state index is 5.91. The molecule has 2 nitrogen and oxygen atoms in total. The molecule has 0 atom stereocenters. The lowest BCUT2D eigenvalue weighted by Crippen LogP contribution is -2.37. The molecule has 86 valence electrons. The highest BCUT2D eigenvalue weighted by molar-refractivity contribution is 6.29. The van der Waals surface area contributed by atoms with Crippen LogP contribution in [-0.4, -0.2) is 37.1 Å². The number of hydrogen-bond acceptors (Lipinski definition) is 2. The van der Waals surface area contributed by atoms with Crippen LogP contribution in [0, 0.1) is 5.92 Å². The minimum Gasteiger partial charge on any atom is -0.317 e. The second-order valence-corrected chi connectivity index (χ2v) is 5.41. The Morgan fingerprint density at radius 1 is 1.27 bits per heavy atom. The van der Waals surface area contributed by atoms with Crippen LogP contribution >= 0.6 is 11.6 Å². The van der Waals surface area contributed by atoms with Gasteiger partial charge >= 0.3 is 0 Å². The molecule has 0 aromatic rings. The van der Waals surface area contributed by atoms with Crippen LogP contribution in [0.2, 0.25) is 0 Å². The Morgan fingerprint density at radius 2 is 1.93 bits per heavy atom. The fourth-order valence-corrected chi connectivity index (χ4v) is 2.55. The summed E-state index contributed by atoms with van der Waals surface area (Å²) in [4.78, 5) is 2.53. The Labute approximate surface area is 97.7 Å². The summed E-state index contributed by atoms with van der Waals surface area (Å²) in [5.41, 5.74) is 0. The summed E-state index contributed by atoms with van der Waals surface area (Å²) in [5, 5.41) is 4.20. The first-order chi connectivity index (χ1) is 7.25. The van der Waals surface area contributed by atoms with Crippen molar-refractivity contribution in [1.82, 2.24) is 10.2 Å². The summed E-state index contributed by atoms with van der Waals surface area (Å²) < 4.78 is 0. The second-order valence-electron chi connectivity index (χ2n) is 4.87. The molecule has 2 aliphatic rings. The largest absolute Gasteiger partial charge is 0.317 e. The van der Waals surface area contributed by atoms with E-state index in [0.717, 1.165) is 23.5 Å². The summed E-state index contributed by atoms with van der Waals surface area (Å²) in [5.74, 6) is 0.864. The van der Waals surface area contributed by atoms with Gasteiger partial charge < -0.3 is 5.32 Å². The average Bonchev–Trinajstić information content (AvgIpc) is 3.01. The van der Waals surface area contributed by atoms with Crippen molar-refractivity contribution >= 4 is 11.6 Å². The van der Waals surface area contributed by atoms with Crippen molar-refractivity contribution in [2.24, 2.45) is 5.92 Å². The Hall–Kier alpha value is -0.0500. The third-order valence-corrected chi connectivity index (χ3v) is 3.51. The van der Waals surface area contributed by atoms with Gasteiger partial charge in [-0.15, -0.1) is 0 Å². The molecule has 0 radical (unpaired) electrons. The Morgan fingerprint density at radius 3 is 2.47 bits per heavy atom. The van der Waals surface area contributed by atoms with E-state index in [1.807, 2.05) is 0 Å². The monoisotopic (exact) mass is 228 g/mol. The molecule has 3 heteroatoms.